The first kappa shape index (κ1) is 14.3. The molecule has 0 radical (unpaired) electrons. The molecule has 2 aromatic rings. The summed E-state index contributed by atoms with van der Waals surface area (Å²) < 4.78 is 5.51. The van der Waals surface area contributed by atoms with Crippen molar-refractivity contribution >= 4 is 0 Å². The largest absolute Gasteiger partial charge is 0.334 e. The highest BCUT2D eigenvalue weighted by molar-refractivity contribution is 5.58. The van der Waals surface area contributed by atoms with E-state index in [-0.39, 0.29) is 0 Å². The molecule has 1 aromatic carbocycles. The van der Waals surface area contributed by atoms with Crippen molar-refractivity contribution in [2.45, 2.75) is 51.5 Å². The summed E-state index contributed by atoms with van der Waals surface area (Å²) in [6, 6.07) is 8.16. The van der Waals surface area contributed by atoms with E-state index in [9.17, 15) is 0 Å². The van der Waals surface area contributed by atoms with Gasteiger partial charge in [0, 0.05) is 5.56 Å². The number of hydrogen-bond acceptors (Lipinski definition) is 4. The van der Waals surface area contributed by atoms with E-state index in [0.717, 1.165) is 31.2 Å². The van der Waals surface area contributed by atoms with Crippen molar-refractivity contribution < 1.29 is 4.52 Å². The zero-order valence-corrected chi connectivity index (χ0v) is 12.8. The van der Waals surface area contributed by atoms with Crippen LogP contribution in [0.4, 0.5) is 0 Å². The molecule has 1 fully saturated rings. The molecule has 112 valence electrons. The second kappa shape index (κ2) is 5.60. The maximum atomic E-state index is 6.55. The van der Waals surface area contributed by atoms with Crippen molar-refractivity contribution in [1.29, 1.82) is 0 Å². The molecule has 21 heavy (non-hydrogen) atoms. The van der Waals surface area contributed by atoms with Gasteiger partial charge in [0.25, 0.3) is 5.89 Å². The summed E-state index contributed by atoms with van der Waals surface area (Å²) in [7, 11) is 0. The summed E-state index contributed by atoms with van der Waals surface area (Å²) in [5.41, 5.74) is 8.36. The first-order valence-corrected chi connectivity index (χ1v) is 7.84. The quantitative estimate of drug-likeness (QED) is 0.934. The standard InChI is InChI=1S/C17H23N3O/c1-3-13-8-4-5-9-14(13)15-19-16(20-21-15)17(18)10-6-7-12(2)11-17/h4-5,8-9,12H,3,6-7,10-11,18H2,1-2H3. The minimum Gasteiger partial charge on any atom is -0.334 e. The second-order valence-corrected chi connectivity index (χ2v) is 6.29. The number of benzene rings is 1. The number of aromatic nitrogens is 2. The molecule has 0 aliphatic heterocycles. The summed E-state index contributed by atoms with van der Waals surface area (Å²) in [5, 5.41) is 4.19. The molecule has 4 heteroatoms. The summed E-state index contributed by atoms with van der Waals surface area (Å²) in [6.45, 7) is 4.37. The maximum absolute atomic E-state index is 6.55. The van der Waals surface area contributed by atoms with Crippen LogP contribution in [0.25, 0.3) is 11.5 Å². The molecular formula is C17H23N3O. The molecule has 1 saturated carbocycles. The number of nitrogens with two attached hydrogens (primary N) is 1. The van der Waals surface area contributed by atoms with Crippen LogP contribution in [0.3, 0.4) is 0 Å². The SMILES string of the molecule is CCc1ccccc1-c1nc(C2(N)CCCC(C)C2)no1. The van der Waals surface area contributed by atoms with Gasteiger partial charge in [-0.05, 0) is 36.8 Å². The Balaban J connectivity index is 1.93. The summed E-state index contributed by atoms with van der Waals surface area (Å²) in [5.74, 6) is 1.87. The lowest BCUT2D eigenvalue weighted by Gasteiger charge is -2.33. The van der Waals surface area contributed by atoms with Crippen LogP contribution in [0.2, 0.25) is 0 Å². The predicted octanol–water partition coefficient (Wildman–Crippen LogP) is 3.66. The van der Waals surface area contributed by atoms with E-state index in [1.54, 1.807) is 0 Å². The monoisotopic (exact) mass is 285 g/mol. The smallest absolute Gasteiger partial charge is 0.258 e. The highest BCUT2D eigenvalue weighted by Gasteiger charge is 2.37. The van der Waals surface area contributed by atoms with E-state index in [0.29, 0.717) is 17.6 Å². The van der Waals surface area contributed by atoms with Crippen LogP contribution in [-0.4, -0.2) is 10.1 Å². The predicted molar refractivity (Wildman–Crippen MR) is 82.6 cm³/mol. The molecule has 0 bridgehead atoms. The summed E-state index contributed by atoms with van der Waals surface area (Å²) >= 11 is 0. The van der Waals surface area contributed by atoms with E-state index in [1.807, 2.05) is 18.2 Å². The van der Waals surface area contributed by atoms with Crippen molar-refractivity contribution in [2.24, 2.45) is 11.7 Å². The van der Waals surface area contributed by atoms with Gasteiger partial charge in [-0.1, -0.05) is 50.0 Å². The molecule has 1 aliphatic rings. The third-order valence-corrected chi connectivity index (χ3v) is 4.53. The van der Waals surface area contributed by atoms with Crippen LogP contribution >= 0.6 is 0 Å². The average molecular weight is 285 g/mol. The zero-order valence-electron chi connectivity index (χ0n) is 12.8. The van der Waals surface area contributed by atoms with Gasteiger partial charge in [-0.15, -0.1) is 0 Å². The molecule has 1 aromatic heterocycles. The second-order valence-electron chi connectivity index (χ2n) is 6.29. The number of aryl methyl sites for hydroxylation is 1. The van der Waals surface area contributed by atoms with Crippen molar-refractivity contribution in [3.8, 4) is 11.5 Å². The maximum Gasteiger partial charge on any atom is 0.258 e. The first-order chi connectivity index (χ1) is 10.1. The van der Waals surface area contributed by atoms with Crippen LogP contribution in [0.1, 0.15) is 50.9 Å². The molecule has 0 spiro atoms. The Labute approximate surface area is 125 Å². The fraction of sp³-hybridized carbons (Fsp3) is 0.529. The summed E-state index contributed by atoms with van der Waals surface area (Å²) in [4.78, 5) is 4.62. The Morgan fingerprint density at radius 3 is 2.95 bits per heavy atom. The van der Waals surface area contributed by atoms with E-state index in [4.69, 9.17) is 10.3 Å². The normalized spacial score (nSPS) is 26.0. The van der Waals surface area contributed by atoms with Crippen molar-refractivity contribution in [1.82, 2.24) is 10.1 Å². The lowest BCUT2D eigenvalue weighted by atomic mass is 9.76. The molecule has 4 nitrogen and oxygen atoms in total. The molecule has 3 rings (SSSR count). The van der Waals surface area contributed by atoms with Gasteiger partial charge in [-0.3, -0.25) is 0 Å². The van der Waals surface area contributed by atoms with Crippen LogP contribution in [0, 0.1) is 5.92 Å². The van der Waals surface area contributed by atoms with Gasteiger partial charge in [-0.25, -0.2) is 0 Å². The molecule has 2 atom stereocenters. The fourth-order valence-electron chi connectivity index (χ4n) is 3.37. The lowest BCUT2D eigenvalue weighted by molar-refractivity contribution is 0.222. The molecule has 1 aliphatic carbocycles. The van der Waals surface area contributed by atoms with Gasteiger partial charge >= 0.3 is 0 Å². The average Bonchev–Trinajstić information content (AvgIpc) is 2.97. The highest BCUT2D eigenvalue weighted by atomic mass is 16.5. The van der Waals surface area contributed by atoms with Crippen LogP contribution in [0.5, 0.6) is 0 Å². The molecule has 0 amide bonds. The van der Waals surface area contributed by atoms with Crippen LogP contribution < -0.4 is 5.73 Å². The third-order valence-electron chi connectivity index (χ3n) is 4.53. The van der Waals surface area contributed by atoms with Crippen LogP contribution in [-0.2, 0) is 12.0 Å². The van der Waals surface area contributed by atoms with E-state index in [2.05, 4.69) is 30.1 Å². The first-order valence-electron chi connectivity index (χ1n) is 7.84. The van der Waals surface area contributed by atoms with Crippen molar-refractivity contribution in [2.75, 3.05) is 0 Å². The zero-order chi connectivity index (χ0) is 14.9. The lowest BCUT2D eigenvalue weighted by Crippen LogP contribution is -2.42. The van der Waals surface area contributed by atoms with Crippen molar-refractivity contribution in [3.63, 3.8) is 0 Å². The van der Waals surface area contributed by atoms with Gasteiger partial charge in [0.2, 0.25) is 0 Å². The van der Waals surface area contributed by atoms with Gasteiger partial charge in [0.15, 0.2) is 5.82 Å². The van der Waals surface area contributed by atoms with E-state index in [1.165, 1.54) is 12.0 Å². The van der Waals surface area contributed by atoms with E-state index >= 15 is 0 Å². The number of rotatable bonds is 3. The van der Waals surface area contributed by atoms with Gasteiger partial charge in [0.1, 0.15) is 0 Å². The molecule has 1 heterocycles. The third kappa shape index (κ3) is 2.72. The topological polar surface area (TPSA) is 64.9 Å². The minimum atomic E-state index is -0.430. The Morgan fingerprint density at radius 1 is 1.38 bits per heavy atom. The summed E-state index contributed by atoms with van der Waals surface area (Å²) in [6.07, 6.45) is 5.18. The number of nitrogens with zero attached hydrogens (tertiary/aromatic N) is 2. The van der Waals surface area contributed by atoms with E-state index < -0.39 is 5.54 Å². The molecule has 2 N–H and O–H groups in total. The van der Waals surface area contributed by atoms with Gasteiger partial charge in [-0.2, -0.15) is 4.98 Å². The Hall–Kier alpha value is -1.68. The Bertz CT molecular complexity index is 622. The molecular weight excluding hydrogens is 262 g/mol. The highest BCUT2D eigenvalue weighted by Crippen LogP contribution is 2.37. The van der Waals surface area contributed by atoms with Gasteiger partial charge < -0.3 is 10.3 Å². The van der Waals surface area contributed by atoms with Crippen LogP contribution in [0.15, 0.2) is 28.8 Å². The number of hydrogen-bond donors (Lipinski definition) is 1. The van der Waals surface area contributed by atoms with Crippen molar-refractivity contribution in [3.05, 3.63) is 35.7 Å². The van der Waals surface area contributed by atoms with Gasteiger partial charge in [0.05, 0.1) is 5.54 Å². The Morgan fingerprint density at radius 2 is 2.19 bits per heavy atom. The molecule has 0 saturated heterocycles. The fourth-order valence-corrected chi connectivity index (χ4v) is 3.37. The molecule has 2 unspecified atom stereocenters. The minimum absolute atomic E-state index is 0.430. The Kier molecular flexibility index (Phi) is 3.81.